The van der Waals surface area contributed by atoms with Crippen LogP contribution >= 0.6 is 15.6 Å². The van der Waals surface area contributed by atoms with E-state index in [0.717, 1.165) is 161 Å². The van der Waals surface area contributed by atoms with Gasteiger partial charge in [0.2, 0.25) is 0 Å². The molecule has 102 heavy (non-hydrogen) atoms. The van der Waals surface area contributed by atoms with Crippen molar-refractivity contribution in [3.8, 4) is 0 Å². The smallest absolute Gasteiger partial charge is 0.462 e. The van der Waals surface area contributed by atoms with Gasteiger partial charge in [-0.1, -0.05) is 264 Å². The largest absolute Gasteiger partial charge is 0.472 e. The molecule has 0 amide bonds. The van der Waals surface area contributed by atoms with Crippen molar-refractivity contribution in [3.63, 3.8) is 0 Å². The van der Waals surface area contributed by atoms with Crippen molar-refractivity contribution >= 4 is 39.5 Å². The topological polar surface area (TPSA) is 237 Å². The van der Waals surface area contributed by atoms with Gasteiger partial charge >= 0.3 is 39.5 Å². The predicted octanol–water partition coefficient (Wildman–Crippen LogP) is 22.9. The van der Waals surface area contributed by atoms with E-state index in [-0.39, 0.29) is 25.7 Å². The van der Waals surface area contributed by atoms with E-state index >= 15 is 0 Å². The standard InChI is InChI=1S/C83H140O17P2/c1-5-9-13-17-21-25-29-33-36-38-41-44-47-51-55-59-63-67-80(85)93-73-78(99-82(87)69-65-61-57-53-49-43-32-28-24-20-16-12-8-4)75-97-101(89,90)95-71-77(84)72-96-102(91,92)98-76-79(100-83(88)70-66-62-58-54-50-46-40-35-31-27-23-19-15-11-7-3)74-94-81(86)68-64-60-56-52-48-45-42-39-37-34-30-26-22-18-14-10-6-2/h9-10,13-14,21-22,25-26,28,32-37,40-42,44-45,51,55,77-79,84H,5-8,11-12,15-20,23-24,27,29-31,38-39,43,46-50,52-54,56-76H2,1-4H3,(H,89,90)(H,91,92)/b13-9-,14-10-,25-21-,26-22-,32-28-,36-33-,37-34-,40-35-,44-41-,45-42-,55-51-. The molecule has 0 bridgehead atoms. The first-order valence-corrected chi connectivity index (χ1v) is 42.4. The molecule has 0 aromatic heterocycles. The van der Waals surface area contributed by atoms with Gasteiger partial charge in [0.1, 0.15) is 19.3 Å². The summed E-state index contributed by atoms with van der Waals surface area (Å²) >= 11 is 0. The van der Waals surface area contributed by atoms with Gasteiger partial charge in [0.15, 0.2) is 12.2 Å². The maximum Gasteiger partial charge on any atom is 0.472 e. The number of phosphoric acid groups is 2. The van der Waals surface area contributed by atoms with Crippen LogP contribution in [0.15, 0.2) is 134 Å². The number of ether oxygens (including phenoxy) is 4. The van der Waals surface area contributed by atoms with Gasteiger partial charge in [-0.05, 0) is 154 Å². The van der Waals surface area contributed by atoms with Gasteiger partial charge in [-0.2, -0.15) is 0 Å². The Morgan fingerprint density at radius 2 is 0.520 bits per heavy atom. The highest BCUT2D eigenvalue weighted by atomic mass is 31.2. The van der Waals surface area contributed by atoms with Gasteiger partial charge in [0.25, 0.3) is 0 Å². The van der Waals surface area contributed by atoms with E-state index in [0.29, 0.717) is 32.1 Å². The molecule has 584 valence electrons. The van der Waals surface area contributed by atoms with E-state index in [2.05, 4.69) is 149 Å². The Bertz CT molecular complexity index is 2460. The predicted molar refractivity (Wildman–Crippen MR) is 418 cm³/mol. The van der Waals surface area contributed by atoms with Crippen molar-refractivity contribution in [2.75, 3.05) is 39.6 Å². The number of phosphoric ester groups is 2. The summed E-state index contributed by atoms with van der Waals surface area (Å²) in [6.07, 6.45) is 83.0. The van der Waals surface area contributed by atoms with Gasteiger partial charge in [-0.3, -0.25) is 37.3 Å². The van der Waals surface area contributed by atoms with E-state index in [9.17, 15) is 43.2 Å². The molecule has 0 rings (SSSR count). The average molecular weight is 1470 g/mol. The maximum atomic E-state index is 13.1. The first kappa shape index (κ1) is 97.2. The Labute approximate surface area is 618 Å². The van der Waals surface area contributed by atoms with Gasteiger partial charge in [-0.15, -0.1) is 0 Å². The zero-order valence-electron chi connectivity index (χ0n) is 63.7. The van der Waals surface area contributed by atoms with Crippen LogP contribution in [0.1, 0.15) is 310 Å². The van der Waals surface area contributed by atoms with Crippen LogP contribution in [0.2, 0.25) is 0 Å². The SMILES string of the molecule is CC/C=C\C/C=C\C/C=C\C/C=C\C/C=C\CCCC(=O)OCC(COP(=O)(O)OCC(O)COP(=O)(O)OCC(COC(=O)CCCCCC/C=C\C/C=C\C/C=C\C/C=C\CC)OC(=O)CCCCCCC/C=C\CCCCCCCC)OC(=O)CCCCCCC/C=C\CCCCCC. The third-order valence-corrected chi connectivity index (χ3v) is 18.0. The van der Waals surface area contributed by atoms with E-state index in [1.807, 2.05) is 12.2 Å². The van der Waals surface area contributed by atoms with Crippen LogP contribution < -0.4 is 0 Å². The number of aliphatic hydroxyl groups is 1. The highest BCUT2D eigenvalue weighted by Gasteiger charge is 2.30. The Hall–Kier alpha value is -4.80. The van der Waals surface area contributed by atoms with Crippen molar-refractivity contribution in [2.45, 2.75) is 329 Å². The molecule has 0 aromatic rings. The zero-order valence-corrected chi connectivity index (χ0v) is 65.5. The molecule has 5 unspecified atom stereocenters. The van der Waals surface area contributed by atoms with Crippen molar-refractivity contribution < 1.29 is 80.2 Å². The normalized spacial score (nSPS) is 14.6. The molecule has 0 aliphatic heterocycles. The molecular formula is C83H140O17P2. The molecule has 0 spiro atoms. The van der Waals surface area contributed by atoms with Crippen molar-refractivity contribution in [2.24, 2.45) is 0 Å². The molecular weight excluding hydrogens is 1330 g/mol. The van der Waals surface area contributed by atoms with E-state index in [4.69, 9.17) is 37.0 Å². The van der Waals surface area contributed by atoms with Gasteiger partial charge in [0.05, 0.1) is 26.4 Å². The minimum atomic E-state index is -4.99. The molecule has 0 aromatic carbocycles. The highest BCUT2D eigenvalue weighted by molar-refractivity contribution is 7.47. The van der Waals surface area contributed by atoms with E-state index in [1.165, 1.54) is 64.2 Å². The van der Waals surface area contributed by atoms with Crippen molar-refractivity contribution in [1.29, 1.82) is 0 Å². The van der Waals surface area contributed by atoms with Crippen LogP contribution in [0.3, 0.4) is 0 Å². The third kappa shape index (κ3) is 73.5. The Morgan fingerprint density at radius 1 is 0.284 bits per heavy atom. The molecule has 0 fully saturated rings. The fourth-order valence-electron chi connectivity index (χ4n) is 10.1. The summed E-state index contributed by atoms with van der Waals surface area (Å²) in [7, 11) is -9.98. The second-order valence-electron chi connectivity index (χ2n) is 25.9. The fraction of sp³-hybridized carbons (Fsp3) is 0.687. The monoisotopic (exact) mass is 1470 g/mol. The Kier molecular flexibility index (Phi) is 71.0. The first-order valence-electron chi connectivity index (χ1n) is 39.4. The average Bonchev–Trinajstić information content (AvgIpc) is 0.908. The van der Waals surface area contributed by atoms with E-state index in [1.54, 1.807) is 0 Å². The molecule has 0 saturated heterocycles. The number of esters is 4. The lowest BCUT2D eigenvalue weighted by Gasteiger charge is -2.21. The number of carbonyl (C=O) groups excluding carboxylic acids is 4. The number of aliphatic hydroxyl groups excluding tert-OH is 1. The van der Waals surface area contributed by atoms with Crippen LogP contribution in [0.25, 0.3) is 0 Å². The van der Waals surface area contributed by atoms with E-state index < -0.39 is 97.5 Å². The van der Waals surface area contributed by atoms with Gasteiger partial charge in [0, 0.05) is 25.7 Å². The van der Waals surface area contributed by atoms with Crippen LogP contribution in [0.4, 0.5) is 0 Å². The molecule has 0 saturated carbocycles. The first-order chi connectivity index (χ1) is 49.7. The molecule has 0 aliphatic rings. The van der Waals surface area contributed by atoms with Gasteiger partial charge < -0.3 is 33.8 Å². The summed E-state index contributed by atoms with van der Waals surface area (Å²) in [6, 6.07) is 0. The molecule has 3 N–H and O–H groups in total. The van der Waals surface area contributed by atoms with Gasteiger partial charge in [-0.25, -0.2) is 9.13 Å². The number of allylic oxidation sites excluding steroid dienone is 22. The van der Waals surface area contributed by atoms with Crippen LogP contribution in [0, 0.1) is 0 Å². The zero-order chi connectivity index (χ0) is 74.6. The number of rotatable bonds is 73. The van der Waals surface area contributed by atoms with Crippen LogP contribution in [-0.4, -0.2) is 96.7 Å². The van der Waals surface area contributed by atoms with Crippen molar-refractivity contribution in [3.05, 3.63) is 134 Å². The maximum absolute atomic E-state index is 13.1. The summed E-state index contributed by atoms with van der Waals surface area (Å²) in [6.45, 7) is 4.52. The second kappa shape index (κ2) is 74.5. The molecule has 0 heterocycles. The fourth-order valence-corrected chi connectivity index (χ4v) is 11.7. The summed E-state index contributed by atoms with van der Waals surface area (Å²) < 4.78 is 68.5. The lowest BCUT2D eigenvalue weighted by atomic mass is 10.1. The van der Waals surface area contributed by atoms with Crippen LogP contribution in [0.5, 0.6) is 0 Å². The minimum absolute atomic E-state index is 0.0694. The minimum Gasteiger partial charge on any atom is -0.462 e. The number of hydrogen-bond donors (Lipinski definition) is 3. The molecule has 0 aliphatic carbocycles. The highest BCUT2D eigenvalue weighted by Crippen LogP contribution is 2.45. The molecule has 19 heteroatoms. The Morgan fingerprint density at radius 3 is 0.843 bits per heavy atom. The quantitative estimate of drug-likeness (QED) is 0.0169. The molecule has 17 nitrogen and oxygen atoms in total. The lowest BCUT2D eigenvalue weighted by molar-refractivity contribution is -0.161. The van der Waals surface area contributed by atoms with Crippen molar-refractivity contribution in [1.82, 2.24) is 0 Å². The number of hydrogen-bond acceptors (Lipinski definition) is 15. The Balaban J connectivity index is 5.43. The summed E-state index contributed by atoms with van der Waals surface area (Å²) in [5.74, 6) is -2.29. The summed E-state index contributed by atoms with van der Waals surface area (Å²) in [4.78, 5) is 72.9. The number of unbranched alkanes of at least 4 members (excludes halogenated alkanes) is 25. The van der Waals surface area contributed by atoms with Crippen LogP contribution in [-0.2, 0) is 65.4 Å². The third-order valence-electron chi connectivity index (χ3n) is 16.1. The summed E-state index contributed by atoms with van der Waals surface area (Å²) in [5.41, 5.74) is 0. The second-order valence-corrected chi connectivity index (χ2v) is 28.8. The summed E-state index contributed by atoms with van der Waals surface area (Å²) in [5, 5.41) is 10.6. The lowest BCUT2D eigenvalue weighted by Crippen LogP contribution is -2.30. The molecule has 5 atom stereocenters. The molecule has 0 radical (unpaired) electrons. The number of carbonyl (C=O) groups is 4.